The number of halogens is 2. The quantitative estimate of drug-likeness (QED) is 0.352. The third-order valence-electron chi connectivity index (χ3n) is 5.17. The fraction of sp³-hybridized carbons (Fsp3) is 0.261. The number of hydrogen-bond donors (Lipinski definition) is 4. The molecule has 0 aliphatic heterocycles. The maximum absolute atomic E-state index is 11.2. The van der Waals surface area contributed by atoms with Crippen molar-refractivity contribution in [1.29, 1.82) is 0 Å². The molecule has 0 saturated carbocycles. The van der Waals surface area contributed by atoms with Crippen LogP contribution < -0.4 is 16.8 Å². The lowest BCUT2D eigenvalue weighted by molar-refractivity contribution is -0.142. The van der Waals surface area contributed by atoms with Crippen LogP contribution in [0.3, 0.4) is 0 Å². The second-order valence-electron chi connectivity index (χ2n) is 7.82. The van der Waals surface area contributed by atoms with Crippen LogP contribution in [0.4, 0.5) is 11.6 Å². The molecule has 6 N–H and O–H groups in total. The SMILES string of the molecule is C[C@@](N)(CCCc1cccc(-c2cnc(N)c(NCc3c(Cl)cccc3Cl)n2)c1)C(=O)O. The van der Waals surface area contributed by atoms with Crippen LogP contribution in [0.5, 0.6) is 0 Å². The molecule has 0 aliphatic rings. The number of carboxylic acid groups (broad SMARTS) is 1. The van der Waals surface area contributed by atoms with Crippen molar-refractivity contribution < 1.29 is 9.90 Å². The predicted molar refractivity (Wildman–Crippen MR) is 129 cm³/mol. The number of hydrogen-bond acceptors (Lipinski definition) is 6. The summed E-state index contributed by atoms with van der Waals surface area (Å²) in [5.74, 6) is -0.297. The summed E-state index contributed by atoms with van der Waals surface area (Å²) in [6.07, 6.45) is 3.35. The number of nitrogens with one attached hydrogen (secondary N) is 1. The Morgan fingerprint density at radius 1 is 1.19 bits per heavy atom. The van der Waals surface area contributed by atoms with E-state index in [1.54, 1.807) is 24.4 Å². The highest BCUT2D eigenvalue weighted by Crippen LogP contribution is 2.27. The molecule has 0 fully saturated rings. The molecule has 32 heavy (non-hydrogen) atoms. The largest absolute Gasteiger partial charge is 0.480 e. The lowest BCUT2D eigenvalue weighted by atomic mass is 9.94. The number of nitrogens with two attached hydrogens (primary N) is 2. The van der Waals surface area contributed by atoms with Gasteiger partial charge in [0, 0.05) is 27.7 Å². The zero-order chi connectivity index (χ0) is 23.3. The Labute approximate surface area is 196 Å². The fourth-order valence-electron chi connectivity index (χ4n) is 3.19. The van der Waals surface area contributed by atoms with Gasteiger partial charge in [0.25, 0.3) is 0 Å². The first-order valence-corrected chi connectivity index (χ1v) is 10.8. The zero-order valence-corrected chi connectivity index (χ0v) is 19.1. The minimum Gasteiger partial charge on any atom is -0.480 e. The van der Waals surface area contributed by atoms with E-state index >= 15 is 0 Å². The Balaban J connectivity index is 1.73. The number of aromatic nitrogens is 2. The molecular weight excluding hydrogens is 449 g/mol. The van der Waals surface area contributed by atoms with Crippen molar-refractivity contribution in [3.8, 4) is 11.3 Å². The first kappa shape index (κ1) is 23.8. The van der Waals surface area contributed by atoms with Crippen LogP contribution in [0.2, 0.25) is 10.0 Å². The Morgan fingerprint density at radius 2 is 1.88 bits per heavy atom. The van der Waals surface area contributed by atoms with E-state index in [0.717, 1.165) is 16.7 Å². The van der Waals surface area contributed by atoms with Crippen molar-refractivity contribution in [2.24, 2.45) is 5.73 Å². The van der Waals surface area contributed by atoms with Crippen LogP contribution in [0.15, 0.2) is 48.7 Å². The van der Waals surface area contributed by atoms with Gasteiger partial charge in [0.05, 0.1) is 11.9 Å². The third-order valence-corrected chi connectivity index (χ3v) is 5.88. The highest BCUT2D eigenvalue weighted by molar-refractivity contribution is 6.36. The van der Waals surface area contributed by atoms with Crippen LogP contribution in [0.1, 0.15) is 30.9 Å². The van der Waals surface area contributed by atoms with Gasteiger partial charge in [-0.2, -0.15) is 0 Å². The molecule has 1 atom stereocenters. The highest BCUT2D eigenvalue weighted by Gasteiger charge is 2.26. The molecule has 0 unspecified atom stereocenters. The molecule has 1 heterocycles. The summed E-state index contributed by atoms with van der Waals surface area (Å²) in [4.78, 5) is 20.1. The standard InChI is InChI=1S/C23H25Cl2N5O2/c1-23(27,22(31)32)10-4-6-14-5-2-7-15(11-14)19-13-28-20(26)21(30-19)29-12-16-17(24)8-3-9-18(16)25/h2-3,5,7-9,11,13H,4,6,10,12,27H2,1H3,(H2,26,28)(H,29,30)(H,31,32)/t23-/m1/s1. The molecule has 168 valence electrons. The van der Waals surface area contributed by atoms with Crippen LogP contribution in [-0.4, -0.2) is 26.6 Å². The van der Waals surface area contributed by atoms with E-state index in [9.17, 15) is 4.79 Å². The second kappa shape index (κ2) is 10.2. The van der Waals surface area contributed by atoms with Gasteiger partial charge in [-0.15, -0.1) is 0 Å². The average molecular weight is 474 g/mol. The number of anilines is 2. The molecule has 2 aromatic carbocycles. The summed E-state index contributed by atoms with van der Waals surface area (Å²) in [5, 5.41) is 13.4. The Kier molecular flexibility index (Phi) is 7.56. The van der Waals surface area contributed by atoms with Crippen LogP contribution in [-0.2, 0) is 17.8 Å². The van der Waals surface area contributed by atoms with Gasteiger partial charge in [0.2, 0.25) is 0 Å². The molecule has 3 aromatic rings. The number of rotatable bonds is 9. The molecule has 0 aliphatic carbocycles. The number of carbonyl (C=O) groups is 1. The molecular formula is C23H25Cl2N5O2. The zero-order valence-electron chi connectivity index (χ0n) is 17.6. The summed E-state index contributed by atoms with van der Waals surface area (Å²) >= 11 is 12.5. The van der Waals surface area contributed by atoms with E-state index in [-0.39, 0.29) is 5.82 Å². The fourth-order valence-corrected chi connectivity index (χ4v) is 3.72. The van der Waals surface area contributed by atoms with E-state index in [2.05, 4.69) is 15.3 Å². The van der Waals surface area contributed by atoms with Crippen molar-refractivity contribution >= 4 is 40.8 Å². The Hall–Kier alpha value is -2.87. The Bertz CT molecular complexity index is 1100. The summed E-state index contributed by atoms with van der Waals surface area (Å²) in [6, 6.07) is 13.2. The topological polar surface area (TPSA) is 127 Å². The molecule has 3 rings (SSSR count). The first-order chi connectivity index (χ1) is 15.2. The monoisotopic (exact) mass is 473 g/mol. The van der Waals surface area contributed by atoms with Gasteiger partial charge >= 0.3 is 5.97 Å². The summed E-state index contributed by atoms with van der Waals surface area (Å²) in [6.45, 7) is 1.88. The van der Waals surface area contributed by atoms with Gasteiger partial charge in [-0.05, 0) is 49.9 Å². The van der Waals surface area contributed by atoms with Crippen LogP contribution >= 0.6 is 23.2 Å². The highest BCUT2D eigenvalue weighted by atomic mass is 35.5. The number of nitrogens with zero attached hydrogens (tertiary/aromatic N) is 2. The smallest absolute Gasteiger partial charge is 0.323 e. The van der Waals surface area contributed by atoms with Gasteiger partial charge in [0.1, 0.15) is 5.54 Å². The summed E-state index contributed by atoms with van der Waals surface area (Å²) in [5.41, 5.74) is 13.9. The lowest BCUT2D eigenvalue weighted by Gasteiger charge is -2.18. The molecule has 7 nitrogen and oxygen atoms in total. The van der Waals surface area contributed by atoms with Crippen LogP contribution in [0.25, 0.3) is 11.3 Å². The second-order valence-corrected chi connectivity index (χ2v) is 8.63. The van der Waals surface area contributed by atoms with Gasteiger partial charge in [0.15, 0.2) is 11.6 Å². The number of benzene rings is 2. The minimum atomic E-state index is -1.23. The van der Waals surface area contributed by atoms with E-state index in [4.69, 9.17) is 39.8 Å². The summed E-state index contributed by atoms with van der Waals surface area (Å²) < 4.78 is 0. The number of nitrogen functional groups attached to an aromatic ring is 1. The molecule has 1 aromatic heterocycles. The van der Waals surface area contributed by atoms with E-state index in [1.165, 1.54) is 6.92 Å². The molecule has 0 saturated heterocycles. The van der Waals surface area contributed by atoms with Crippen molar-refractivity contribution in [2.45, 2.75) is 38.3 Å². The molecule has 9 heteroatoms. The molecule has 0 spiro atoms. The van der Waals surface area contributed by atoms with Gasteiger partial charge < -0.3 is 21.9 Å². The molecule has 0 radical (unpaired) electrons. The normalized spacial score (nSPS) is 12.9. The predicted octanol–water partition coefficient (Wildman–Crippen LogP) is 4.77. The van der Waals surface area contributed by atoms with E-state index in [0.29, 0.717) is 47.4 Å². The average Bonchev–Trinajstić information content (AvgIpc) is 2.74. The van der Waals surface area contributed by atoms with Crippen molar-refractivity contribution in [3.05, 3.63) is 69.8 Å². The molecule has 0 bridgehead atoms. The summed E-state index contributed by atoms with van der Waals surface area (Å²) in [7, 11) is 0. The van der Waals surface area contributed by atoms with Crippen molar-refractivity contribution in [1.82, 2.24) is 9.97 Å². The third kappa shape index (κ3) is 5.88. The van der Waals surface area contributed by atoms with E-state index < -0.39 is 11.5 Å². The maximum Gasteiger partial charge on any atom is 0.323 e. The van der Waals surface area contributed by atoms with Crippen molar-refractivity contribution in [2.75, 3.05) is 11.1 Å². The van der Waals surface area contributed by atoms with Gasteiger partial charge in [-0.3, -0.25) is 4.79 Å². The lowest BCUT2D eigenvalue weighted by Crippen LogP contribution is -2.44. The first-order valence-electron chi connectivity index (χ1n) is 10.1. The Morgan fingerprint density at radius 3 is 2.56 bits per heavy atom. The minimum absolute atomic E-state index is 0.268. The number of aliphatic carboxylic acids is 1. The van der Waals surface area contributed by atoms with Gasteiger partial charge in [-0.25, -0.2) is 9.97 Å². The van der Waals surface area contributed by atoms with Gasteiger partial charge in [-0.1, -0.05) is 47.5 Å². The number of aryl methyl sites for hydroxylation is 1. The van der Waals surface area contributed by atoms with E-state index in [1.807, 2.05) is 24.3 Å². The van der Waals surface area contributed by atoms with Crippen LogP contribution in [0, 0.1) is 0 Å². The maximum atomic E-state index is 11.2. The number of carboxylic acids is 1. The van der Waals surface area contributed by atoms with Crippen molar-refractivity contribution in [3.63, 3.8) is 0 Å². The molecule has 0 amide bonds.